The lowest BCUT2D eigenvalue weighted by Crippen LogP contribution is -2.23. The molecule has 0 unspecified atom stereocenters. The standard InChI is InChI=1S/C29H22NP/c1-3-15-25(16-4-1)31(26-17-5-2-6-18-26)29-21-10-8-13-24(29)22-30-28-20-11-14-23-12-7-9-19-27(23)28/h1-22H. The Balaban J connectivity index is 1.61. The molecule has 5 aromatic carbocycles. The summed E-state index contributed by atoms with van der Waals surface area (Å²) in [5.74, 6) is 0. The first-order chi connectivity index (χ1) is 15.4. The third kappa shape index (κ3) is 4.19. The molecule has 31 heavy (non-hydrogen) atoms. The molecule has 148 valence electrons. The van der Waals surface area contributed by atoms with Gasteiger partial charge in [-0.05, 0) is 35.3 Å². The van der Waals surface area contributed by atoms with Gasteiger partial charge in [0.2, 0.25) is 0 Å². The van der Waals surface area contributed by atoms with Crippen molar-refractivity contribution in [1.29, 1.82) is 0 Å². The first-order valence-electron chi connectivity index (χ1n) is 10.4. The Bertz CT molecular complexity index is 1280. The van der Waals surface area contributed by atoms with Crippen molar-refractivity contribution in [2.75, 3.05) is 0 Å². The van der Waals surface area contributed by atoms with Gasteiger partial charge in [-0.2, -0.15) is 0 Å². The molecule has 0 spiro atoms. The van der Waals surface area contributed by atoms with Crippen molar-refractivity contribution in [3.8, 4) is 0 Å². The minimum Gasteiger partial charge on any atom is -0.256 e. The van der Waals surface area contributed by atoms with Crippen LogP contribution in [0.5, 0.6) is 0 Å². The number of hydrogen-bond donors (Lipinski definition) is 0. The lowest BCUT2D eigenvalue weighted by molar-refractivity contribution is 1.57. The van der Waals surface area contributed by atoms with Crippen molar-refractivity contribution in [3.05, 3.63) is 133 Å². The van der Waals surface area contributed by atoms with Gasteiger partial charge in [-0.15, -0.1) is 0 Å². The normalized spacial score (nSPS) is 11.4. The zero-order valence-electron chi connectivity index (χ0n) is 17.1. The summed E-state index contributed by atoms with van der Waals surface area (Å²) in [5.41, 5.74) is 2.16. The summed E-state index contributed by atoms with van der Waals surface area (Å²) in [6.45, 7) is 0. The minimum atomic E-state index is -0.673. The largest absolute Gasteiger partial charge is 0.256 e. The molecule has 0 radical (unpaired) electrons. The van der Waals surface area contributed by atoms with E-state index < -0.39 is 7.92 Å². The van der Waals surface area contributed by atoms with Gasteiger partial charge in [-0.25, -0.2) is 0 Å². The number of rotatable bonds is 5. The van der Waals surface area contributed by atoms with Crippen LogP contribution in [0.4, 0.5) is 5.69 Å². The smallest absolute Gasteiger partial charge is 0.0708 e. The number of benzene rings is 5. The van der Waals surface area contributed by atoms with Crippen LogP contribution in [0, 0.1) is 0 Å². The summed E-state index contributed by atoms with van der Waals surface area (Å²) in [4.78, 5) is 4.92. The van der Waals surface area contributed by atoms with Crippen molar-refractivity contribution in [3.63, 3.8) is 0 Å². The highest BCUT2D eigenvalue weighted by Crippen LogP contribution is 2.34. The Labute approximate surface area is 184 Å². The van der Waals surface area contributed by atoms with Crippen LogP contribution in [0.25, 0.3) is 10.8 Å². The maximum atomic E-state index is 4.92. The molecule has 0 atom stereocenters. The van der Waals surface area contributed by atoms with Crippen LogP contribution in [0.1, 0.15) is 5.56 Å². The molecule has 0 aromatic heterocycles. The van der Waals surface area contributed by atoms with Gasteiger partial charge in [0.25, 0.3) is 0 Å². The van der Waals surface area contributed by atoms with E-state index in [0.29, 0.717) is 0 Å². The highest BCUT2D eigenvalue weighted by molar-refractivity contribution is 7.80. The average Bonchev–Trinajstić information content (AvgIpc) is 2.85. The van der Waals surface area contributed by atoms with Gasteiger partial charge in [-0.3, -0.25) is 4.99 Å². The molecule has 0 bridgehead atoms. The summed E-state index contributed by atoms with van der Waals surface area (Å²) in [5, 5.41) is 6.39. The molecule has 1 nitrogen and oxygen atoms in total. The van der Waals surface area contributed by atoms with E-state index in [1.165, 1.54) is 26.7 Å². The molecule has 0 saturated carbocycles. The highest BCUT2D eigenvalue weighted by Gasteiger charge is 2.18. The van der Waals surface area contributed by atoms with Gasteiger partial charge >= 0.3 is 0 Å². The zero-order chi connectivity index (χ0) is 20.9. The molecular formula is C29H22NP. The predicted octanol–water partition coefficient (Wildman–Crippen LogP) is 6.35. The van der Waals surface area contributed by atoms with E-state index in [1.807, 2.05) is 6.21 Å². The molecule has 2 heteroatoms. The van der Waals surface area contributed by atoms with Crippen molar-refractivity contribution < 1.29 is 0 Å². The van der Waals surface area contributed by atoms with E-state index in [0.717, 1.165) is 11.3 Å². The van der Waals surface area contributed by atoms with Crippen molar-refractivity contribution in [2.45, 2.75) is 0 Å². The molecular weight excluding hydrogens is 393 g/mol. The molecule has 0 N–H and O–H groups in total. The molecule has 5 aromatic rings. The molecule has 5 rings (SSSR count). The third-order valence-corrected chi connectivity index (χ3v) is 7.83. The summed E-state index contributed by atoms with van der Waals surface area (Å²) in [6, 6.07) is 44.9. The van der Waals surface area contributed by atoms with Crippen LogP contribution in [0.15, 0.2) is 132 Å². The molecule has 0 amide bonds. The van der Waals surface area contributed by atoms with Crippen LogP contribution in [0.2, 0.25) is 0 Å². The van der Waals surface area contributed by atoms with Gasteiger partial charge in [-0.1, -0.05) is 121 Å². The molecule has 0 heterocycles. The van der Waals surface area contributed by atoms with E-state index in [1.54, 1.807) is 0 Å². The second-order valence-corrected chi connectivity index (χ2v) is 9.51. The van der Waals surface area contributed by atoms with Crippen LogP contribution in [-0.2, 0) is 0 Å². The lowest BCUT2D eigenvalue weighted by Gasteiger charge is -2.21. The first-order valence-corrected chi connectivity index (χ1v) is 11.8. The second-order valence-electron chi connectivity index (χ2n) is 7.32. The number of nitrogens with zero attached hydrogens (tertiary/aromatic N) is 1. The van der Waals surface area contributed by atoms with Crippen LogP contribution < -0.4 is 15.9 Å². The second kappa shape index (κ2) is 9.08. The molecule has 0 aliphatic carbocycles. The van der Waals surface area contributed by atoms with Crippen molar-refractivity contribution >= 4 is 46.5 Å². The Morgan fingerprint density at radius 3 is 1.84 bits per heavy atom. The summed E-state index contributed by atoms with van der Waals surface area (Å²) < 4.78 is 0. The van der Waals surface area contributed by atoms with Gasteiger partial charge < -0.3 is 0 Å². The monoisotopic (exact) mass is 415 g/mol. The SMILES string of the molecule is C(=Nc1cccc2ccccc12)c1ccccc1P(c1ccccc1)c1ccccc1. The van der Waals surface area contributed by atoms with E-state index in [2.05, 4.69) is 127 Å². The van der Waals surface area contributed by atoms with Crippen LogP contribution in [0.3, 0.4) is 0 Å². The van der Waals surface area contributed by atoms with Gasteiger partial charge in [0, 0.05) is 17.2 Å². The molecule has 0 fully saturated rings. The van der Waals surface area contributed by atoms with E-state index in [9.17, 15) is 0 Å². The molecule has 0 saturated heterocycles. The van der Waals surface area contributed by atoms with Crippen LogP contribution >= 0.6 is 7.92 Å². The van der Waals surface area contributed by atoms with Crippen molar-refractivity contribution in [1.82, 2.24) is 0 Å². The van der Waals surface area contributed by atoms with E-state index in [-0.39, 0.29) is 0 Å². The van der Waals surface area contributed by atoms with Gasteiger partial charge in [0.1, 0.15) is 0 Å². The van der Waals surface area contributed by atoms with Crippen LogP contribution in [-0.4, -0.2) is 6.21 Å². The predicted molar refractivity (Wildman–Crippen MR) is 136 cm³/mol. The maximum Gasteiger partial charge on any atom is 0.0708 e. The number of hydrogen-bond acceptors (Lipinski definition) is 1. The van der Waals surface area contributed by atoms with E-state index in [4.69, 9.17) is 4.99 Å². The molecule has 0 aliphatic heterocycles. The van der Waals surface area contributed by atoms with Gasteiger partial charge in [0.15, 0.2) is 0 Å². The van der Waals surface area contributed by atoms with Gasteiger partial charge in [0.05, 0.1) is 5.69 Å². The summed E-state index contributed by atoms with van der Waals surface area (Å²) >= 11 is 0. The third-order valence-electron chi connectivity index (χ3n) is 5.32. The fraction of sp³-hybridized carbons (Fsp3) is 0. The Morgan fingerprint density at radius 2 is 1.10 bits per heavy atom. The van der Waals surface area contributed by atoms with E-state index >= 15 is 0 Å². The lowest BCUT2D eigenvalue weighted by atomic mass is 10.1. The summed E-state index contributed by atoms with van der Waals surface area (Å²) in [6.07, 6.45) is 2.03. The average molecular weight is 415 g/mol. The first kappa shape index (κ1) is 19.4. The zero-order valence-corrected chi connectivity index (χ0v) is 18.0. The molecule has 0 aliphatic rings. The summed E-state index contributed by atoms with van der Waals surface area (Å²) in [7, 11) is -0.673. The van der Waals surface area contributed by atoms with Crippen molar-refractivity contribution in [2.24, 2.45) is 4.99 Å². The minimum absolute atomic E-state index is 0.673. The topological polar surface area (TPSA) is 12.4 Å². The Kier molecular flexibility index (Phi) is 5.69. The highest BCUT2D eigenvalue weighted by atomic mass is 31.1. The number of aliphatic imine (C=N–C) groups is 1. The maximum absolute atomic E-state index is 4.92. The number of fused-ring (bicyclic) bond motifs is 1. The quantitative estimate of drug-likeness (QED) is 0.234. The fourth-order valence-electron chi connectivity index (χ4n) is 3.84. The Hall–Kier alpha value is -3.54. The Morgan fingerprint density at radius 1 is 0.516 bits per heavy atom. The fourth-order valence-corrected chi connectivity index (χ4v) is 6.26.